The molecular formula is C26H28N2O7. The van der Waals surface area contributed by atoms with Gasteiger partial charge in [-0.1, -0.05) is 13.3 Å². The van der Waals surface area contributed by atoms with Crippen LogP contribution in [0.2, 0.25) is 0 Å². The van der Waals surface area contributed by atoms with E-state index in [1.54, 1.807) is 41.1 Å². The van der Waals surface area contributed by atoms with E-state index in [1.807, 2.05) is 0 Å². The van der Waals surface area contributed by atoms with Crippen molar-refractivity contribution in [3.63, 3.8) is 0 Å². The molecule has 0 saturated heterocycles. The molecule has 0 fully saturated rings. The highest BCUT2D eigenvalue weighted by molar-refractivity contribution is 5.92. The Morgan fingerprint density at radius 3 is 2.60 bits per heavy atom. The first-order valence-electron chi connectivity index (χ1n) is 11.3. The molecule has 2 N–H and O–H groups in total. The van der Waals surface area contributed by atoms with E-state index < -0.39 is 5.97 Å². The molecule has 9 nitrogen and oxygen atoms in total. The van der Waals surface area contributed by atoms with Gasteiger partial charge in [-0.25, -0.2) is 9.78 Å². The van der Waals surface area contributed by atoms with Crippen LogP contribution < -0.4 is 18.9 Å². The predicted molar refractivity (Wildman–Crippen MR) is 129 cm³/mol. The average Bonchev–Trinajstić information content (AvgIpc) is 3.47. The van der Waals surface area contributed by atoms with Gasteiger partial charge in [0, 0.05) is 36.1 Å². The van der Waals surface area contributed by atoms with Gasteiger partial charge in [-0.05, 0) is 30.7 Å². The number of unbranched alkanes of at least 4 members (excludes halogenated alkanes) is 1. The monoisotopic (exact) mass is 480 g/mol. The molecule has 1 aromatic heterocycles. The summed E-state index contributed by atoms with van der Waals surface area (Å²) in [5.41, 5.74) is 1.80. The topological polar surface area (TPSA) is 112 Å². The van der Waals surface area contributed by atoms with Gasteiger partial charge in [-0.2, -0.15) is 0 Å². The minimum absolute atomic E-state index is 0.00376. The first-order valence-corrected chi connectivity index (χ1v) is 11.3. The molecule has 0 atom stereocenters. The van der Waals surface area contributed by atoms with Crippen molar-refractivity contribution in [2.45, 2.75) is 32.6 Å². The molecule has 4 rings (SSSR count). The quantitative estimate of drug-likeness (QED) is 0.411. The molecule has 9 heteroatoms. The van der Waals surface area contributed by atoms with Crippen molar-refractivity contribution in [2.24, 2.45) is 0 Å². The van der Waals surface area contributed by atoms with Crippen LogP contribution in [0.1, 0.15) is 36.8 Å². The van der Waals surface area contributed by atoms with Crippen molar-refractivity contribution in [3.8, 4) is 34.4 Å². The summed E-state index contributed by atoms with van der Waals surface area (Å²) in [6.45, 7) is 2.19. The molecule has 2 aromatic carbocycles. The maximum Gasteiger partial charge on any atom is 0.331 e. The number of carboxylic acids is 1. The summed E-state index contributed by atoms with van der Waals surface area (Å²) in [5, 5.41) is 20.7. The number of phenols is 1. The van der Waals surface area contributed by atoms with Crippen molar-refractivity contribution in [1.82, 2.24) is 9.55 Å². The lowest BCUT2D eigenvalue weighted by molar-refractivity contribution is -0.132. The lowest BCUT2D eigenvalue weighted by Crippen LogP contribution is -2.08. The van der Waals surface area contributed by atoms with E-state index in [2.05, 4.69) is 11.9 Å². The summed E-state index contributed by atoms with van der Waals surface area (Å²) in [5.74, 6) is 1.77. The molecule has 0 aliphatic carbocycles. The average molecular weight is 481 g/mol. The molecule has 0 bridgehead atoms. The maximum absolute atomic E-state index is 12.3. The molecule has 1 aliphatic rings. The molecule has 1 aliphatic heterocycles. The van der Waals surface area contributed by atoms with Crippen LogP contribution >= 0.6 is 0 Å². The number of nitrogens with zero attached hydrogens (tertiary/aromatic N) is 2. The number of benzene rings is 2. The van der Waals surface area contributed by atoms with Crippen LogP contribution in [0.5, 0.6) is 28.7 Å². The Bertz CT molecular complexity index is 1260. The number of phenolic OH excluding ortho intramolecular Hbond substituents is 1. The first kappa shape index (κ1) is 24.0. The molecule has 184 valence electrons. The maximum atomic E-state index is 12.3. The van der Waals surface area contributed by atoms with E-state index in [0.29, 0.717) is 46.4 Å². The Morgan fingerprint density at radius 2 is 1.94 bits per heavy atom. The first-order chi connectivity index (χ1) is 16.9. The van der Waals surface area contributed by atoms with Crippen molar-refractivity contribution in [2.75, 3.05) is 21.0 Å². The molecule has 0 spiro atoms. The van der Waals surface area contributed by atoms with Gasteiger partial charge in [0.25, 0.3) is 0 Å². The van der Waals surface area contributed by atoms with Gasteiger partial charge in [0.05, 0.1) is 31.8 Å². The third kappa shape index (κ3) is 5.03. The number of aromatic nitrogens is 2. The number of hydrogen-bond donors (Lipinski definition) is 2. The largest absolute Gasteiger partial charge is 0.506 e. The van der Waals surface area contributed by atoms with E-state index in [1.165, 1.54) is 20.3 Å². The second-order valence-corrected chi connectivity index (χ2v) is 8.06. The zero-order chi connectivity index (χ0) is 24.9. The number of aromatic hydroxyl groups is 1. The van der Waals surface area contributed by atoms with Gasteiger partial charge in [-0.3, -0.25) is 4.57 Å². The van der Waals surface area contributed by atoms with Crippen LogP contribution in [0.3, 0.4) is 0 Å². The number of imidazole rings is 1. The van der Waals surface area contributed by atoms with Gasteiger partial charge in [-0.15, -0.1) is 0 Å². The van der Waals surface area contributed by atoms with Gasteiger partial charge in [0.15, 0.2) is 11.5 Å². The van der Waals surface area contributed by atoms with Crippen molar-refractivity contribution < 1.29 is 34.0 Å². The number of rotatable bonds is 10. The second kappa shape index (κ2) is 10.4. The summed E-state index contributed by atoms with van der Waals surface area (Å²) in [6.07, 6.45) is 5.81. The van der Waals surface area contributed by atoms with E-state index in [4.69, 9.17) is 18.9 Å². The standard InChI is InChI=1S/C26H28N2O7/c1-4-5-6-25-27-14-18(28(25)20-8-7-19(32-2)12-21(20)29)10-17(26(30)31)9-16-11-23-24(35-15-34-23)13-22(16)33-3/h7-8,10-14,29H,4-6,9,15H2,1-3H3,(H,30,31)/b17-10+. The number of aliphatic carboxylic acids is 1. The number of ether oxygens (including phenoxy) is 4. The lowest BCUT2D eigenvalue weighted by Gasteiger charge is -2.14. The Labute approximate surface area is 203 Å². The van der Waals surface area contributed by atoms with Crippen LogP contribution in [0, 0.1) is 0 Å². The number of hydrogen-bond acceptors (Lipinski definition) is 7. The SMILES string of the molecule is CCCCc1ncc(/C=C(\Cc2cc3c(cc2OC)OCO3)C(=O)O)n1-c1ccc(OC)cc1O. The smallest absolute Gasteiger partial charge is 0.331 e. The molecule has 0 unspecified atom stereocenters. The molecular weight excluding hydrogens is 452 g/mol. The zero-order valence-corrected chi connectivity index (χ0v) is 19.9. The molecule has 35 heavy (non-hydrogen) atoms. The summed E-state index contributed by atoms with van der Waals surface area (Å²) in [6, 6.07) is 8.41. The van der Waals surface area contributed by atoms with Gasteiger partial charge < -0.3 is 29.2 Å². The summed E-state index contributed by atoms with van der Waals surface area (Å²) in [4.78, 5) is 16.8. The molecule has 3 aromatic rings. The number of carboxylic acid groups (broad SMARTS) is 1. The molecule has 0 amide bonds. The summed E-state index contributed by atoms with van der Waals surface area (Å²) >= 11 is 0. The van der Waals surface area contributed by atoms with E-state index in [9.17, 15) is 15.0 Å². The third-order valence-electron chi connectivity index (χ3n) is 5.79. The number of methoxy groups -OCH3 is 2. The highest BCUT2D eigenvalue weighted by atomic mass is 16.7. The normalized spacial score (nSPS) is 12.6. The second-order valence-electron chi connectivity index (χ2n) is 8.06. The predicted octanol–water partition coefficient (Wildman–Crippen LogP) is 4.38. The lowest BCUT2D eigenvalue weighted by atomic mass is 10.0. The fourth-order valence-corrected chi connectivity index (χ4v) is 3.98. The van der Waals surface area contributed by atoms with E-state index in [-0.39, 0.29) is 24.5 Å². The highest BCUT2D eigenvalue weighted by Gasteiger charge is 2.21. The fraction of sp³-hybridized carbons (Fsp3) is 0.308. The van der Waals surface area contributed by atoms with Gasteiger partial charge in [0.1, 0.15) is 23.1 Å². The van der Waals surface area contributed by atoms with Crippen molar-refractivity contribution >= 4 is 12.0 Å². The molecule has 0 saturated carbocycles. The zero-order valence-electron chi connectivity index (χ0n) is 19.9. The highest BCUT2D eigenvalue weighted by Crippen LogP contribution is 2.39. The van der Waals surface area contributed by atoms with Crippen molar-refractivity contribution in [3.05, 3.63) is 59.2 Å². The van der Waals surface area contributed by atoms with Crippen LogP contribution in [-0.4, -0.2) is 46.7 Å². The third-order valence-corrected chi connectivity index (χ3v) is 5.79. The fourth-order valence-electron chi connectivity index (χ4n) is 3.98. The summed E-state index contributed by atoms with van der Waals surface area (Å²) < 4.78 is 23.3. The molecule has 2 heterocycles. The van der Waals surface area contributed by atoms with Crippen molar-refractivity contribution in [1.29, 1.82) is 0 Å². The Balaban J connectivity index is 1.78. The Morgan fingerprint density at radius 1 is 1.17 bits per heavy atom. The van der Waals surface area contributed by atoms with Crippen LogP contribution in [0.4, 0.5) is 0 Å². The minimum atomic E-state index is -1.08. The summed E-state index contributed by atoms with van der Waals surface area (Å²) in [7, 11) is 3.04. The minimum Gasteiger partial charge on any atom is -0.506 e. The van der Waals surface area contributed by atoms with Crippen LogP contribution in [-0.2, 0) is 17.6 Å². The van der Waals surface area contributed by atoms with Gasteiger partial charge >= 0.3 is 5.97 Å². The Kier molecular flexibility index (Phi) is 7.14. The Hall–Kier alpha value is -4.14. The van der Waals surface area contributed by atoms with E-state index in [0.717, 1.165) is 18.7 Å². The van der Waals surface area contributed by atoms with Gasteiger partial charge in [0.2, 0.25) is 6.79 Å². The van der Waals surface area contributed by atoms with Crippen LogP contribution in [0.25, 0.3) is 11.8 Å². The molecule has 0 radical (unpaired) electrons. The number of carbonyl (C=O) groups is 1. The number of aryl methyl sites for hydroxylation is 1. The van der Waals surface area contributed by atoms with E-state index >= 15 is 0 Å². The van der Waals surface area contributed by atoms with Crippen LogP contribution in [0.15, 0.2) is 42.1 Å². The number of fused-ring (bicyclic) bond motifs is 1.